The third-order valence-electron chi connectivity index (χ3n) is 5.45. The fraction of sp³-hybridized carbons (Fsp3) is 0.304. The van der Waals surface area contributed by atoms with Gasteiger partial charge < -0.3 is 19.7 Å². The van der Waals surface area contributed by atoms with Gasteiger partial charge in [0.25, 0.3) is 5.91 Å². The van der Waals surface area contributed by atoms with Gasteiger partial charge in [-0.1, -0.05) is 18.2 Å². The van der Waals surface area contributed by atoms with Crippen molar-refractivity contribution in [1.82, 2.24) is 9.88 Å². The SMILES string of the molecule is COc1cc(C2Nc3ccccc3C(=O)N2C2CC2)ccc1OCc1csc(C)n1. The lowest BCUT2D eigenvalue weighted by Crippen LogP contribution is -2.44. The summed E-state index contributed by atoms with van der Waals surface area (Å²) in [6.07, 6.45) is 1.85. The van der Waals surface area contributed by atoms with E-state index in [1.807, 2.05) is 59.7 Å². The lowest BCUT2D eigenvalue weighted by molar-refractivity contribution is 0.0666. The molecule has 30 heavy (non-hydrogen) atoms. The molecule has 1 aromatic heterocycles. The van der Waals surface area contributed by atoms with Crippen LogP contribution in [0.1, 0.15) is 45.6 Å². The number of thiazole rings is 1. The number of hydrogen-bond donors (Lipinski definition) is 1. The average molecular weight is 422 g/mol. The third kappa shape index (κ3) is 3.50. The number of para-hydroxylation sites is 1. The van der Waals surface area contributed by atoms with Crippen molar-refractivity contribution in [2.24, 2.45) is 0 Å². The summed E-state index contributed by atoms with van der Waals surface area (Å²) < 4.78 is 11.6. The van der Waals surface area contributed by atoms with Crippen LogP contribution in [0.5, 0.6) is 11.5 Å². The number of amides is 1. The Morgan fingerprint density at radius 2 is 2.03 bits per heavy atom. The Hall–Kier alpha value is -3.06. The number of hydrogen-bond acceptors (Lipinski definition) is 6. The van der Waals surface area contributed by atoms with Crippen LogP contribution in [0.15, 0.2) is 47.8 Å². The molecule has 2 aromatic carbocycles. The lowest BCUT2D eigenvalue weighted by atomic mass is 10.0. The van der Waals surface area contributed by atoms with Crippen LogP contribution in [0.25, 0.3) is 0 Å². The number of aromatic nitrogens is 1. The largest absolute Gasteiger partial charge is 0.493 e. The molecule has 5 rings (SSSR count). The minimum atomic E-state index is -0.232. The zero-order chi connectivity index (χ0) is 20.7. The molecule has 0 radical (unpaired) electrons. The highest BCUT2D eigenvalue weighted by Crippen LogP contribution is 2.42. The highest BCUT2D eigenvalue weighted by Gasteiger charge is 2.42. The van der Waals surface area contributed by atoms with E-state index >= 15 is 0 Å². The minimum Gasteiger partial charge on any atom is -0.493 e. The number of fused-ring (bicyclic) bond motifs is 1. The van der Waals surface area contributed by atoms with Gasteiger partial charge in [-0.05, 0) is 49.6 Å². The first kappa shape index (κ1) is 18.9. The van der Waals surface area contributed by atoms with E-state index in [9.17, 15) is 4.79 Å². The monoisotopic (exact) mass is 421 g/mol. The van der Waals surface area contributed by atoms with Gasteiger partial charge in [-0.25, -0.2) is 4.98 Å². The topological polar surface area (TPSA) is 63.7 Å². The number of rotatable bonds is 6. The molecule has 1 saturated carbocycles. The Kier molecular flexibility index (Phi) is 4.83. The van der Waals surface area contributed by atoms with Crippen LogP contribution in [0.2, 0.25) is 0 Å². The van der Waals surface area contributed by atoms with Crippen molar-refractivity contribution in [3.8, 4) is 11.5 Å². The molecule has 0 bridgehead atoms. The number of methoxy groups -OCH3 is 1. The van der Waals surface area contributed by atoms with Crippen LogP contribution >= 0.6 is 11.3 Å². The number of carbonyl (C=O) groups excluding carboxylic acids is 1. The molecule has 1 aliphatic heterocycles. The fourth-order valence-corrected chi connectivity index (χ4v) is 4.44. The maximum absolute atomic E-state index is 13.2. The van der Waals surface area contributed by atoms with Gasteiger partial charge in [0, 0.05) is 17.1 Å². The van der Waals surface area contributed by atoms with Gasteiger partial charge in [0.05, 0.1) is 23.4 Å². The molecule has 3 aromatic rings. The Balaban J connectivity index is 1.43. The van der Waals surface area contributed by atoms with E-state index in [0.29, 0.717) is 18.1 Å². The van der Waals surface area contributed by atoms with Crippen molar-refractivity contribution in [2.45, 2.75) is 38.6 Å². The van der Waals surface area contributed by atoms with Crippen LogP contribution in [0, 0.1) is 6.92 Å². The highest BCUT2D eigenvalue weighted by molar-refractivity contribution is 7.09. The second-order valence-corrected chi connectivity index (χ2v) is 8.66. The number of nitrogens with one attached hydrogen (secondary N) is 1. The van der Waals surface area contributed by atoms with Crippen LogP contribution in [-0.2, 0) is 6.61 Å². The molecular weight excluding hydrogens is 398 g/mol. The van der Waals surface area contributed by atoms with Crippen LogP contribution in [0.4, 0.5) is 5.69 Å². The molecule has 1 N–H and O–H groups in total. The first-order chi connectivity index (χ1) is 14.6. The van der Waals surface area contributed by atoms with E-state index in [0.717, 1.165) is 40.4 Å². The number of nitrogens with zero attached hydrogens (tertiary/aromatic N) is 2. The second-order valence-electron chi connectivity index (χ2n) is 7.59. The summed E-state index contributed by atoms with van der Waals surface area (Å²) in [6.45, 7) is 2.37. The van der Waals surface area contributed by atoms with Crippen LogP contribution in [0.3, 0.4) is 0 Å². The van der Waals surface area contributed by atoms with Gasteiger partial charge >= 0.3 is 0 Å². The van der Waals surface area contributed by atoms with E-state index < -0.39 is 0 Å². The maximum Gasteiger partial charge on any atom is 0.258 e. The van der Waals surface area contributed by atoms with E-state index in [-0.39, 0.29) is 18.1 Å². The van der Waals surface area contributed by atoms with Crippen molar-refractivity contribution in [2.75, 3.05) is 12.4 Å². The summed E-state index contributed by atoms with van der Waals surface area (Å²) >= 11 is 1.61. The predicted octanol–water partition coefficient (Wildman–Crippen LogP) is 4.77. The normalized spacial score (nSPS) is 18.0. The Morgan fingerprint density at radius 1 is 1.20 bits per heavy atom. The molecule has 6 nitrogen and oxygen atoms in total. The number of anilines is 1. The first-order valence-corrected chi connectivity index (χ1v) is 10.9. The number of aryl methyl sites for hydroxylation is 1. The molecule has 2 aliphatic rings. The standard InChI is InChI=1S/C23H23N3O3S/c1-14-24-16(13-30-14)12-29-20-10-7-15(11-21(20)28-2)22-25-19-6-4-3-5-18(19)23(27)26(22)17-8-9-17/h3-7,10-11,13,17,22,25H,8-9,12H2,1-2H3. The van der Waals surface area contributed by atoms with Crippen molar-refractivity contribution < 1.29 is 14.3 Å². The van der Waals surface area contributed by atoms with Crippen molar-refractivity contribution in [3.63, 3.8) is 0 Å². The van der Waals surface area contributed by atoms with Crippen LogP contribution in [-0.4, -0.2) is 28.9 Å². The quantitative estimate of drug-likeness (QED) is 0.621. The highest BCUT2D eigenvalue weighted by atomic mass is 32.1. The van der Waals surface area contributed by atoms with Gasteiger partial charge in [0.15, 0.2) is 11.5 Å². The van der Waals surface area contributed by atoms with Gasteiger partial charge in [-0.15, -0.1) is 11.3 Å². The average Bonchev–Trinajstić information content (AvgIpc) is 3.52. The molecule has 0 spiro atoms. The Bertz CT molecular complexity index is 1090. The molecule has 1 aliphatic carbocycles. The van der Waals surface area contributed by atoms with Gasteiger partial charge in [-0.2, -0.15) is 0 Å². The van der Waals surface area contributed by atoms with E-state index in [4.69, 9.17) is 9.47 Å². The fourth-order valence-electron chi connectivity index (χ4n) is 3.84. The minimum absolute atomic E-state index is 0.0787. The summed E-state index contributed by atoms with van der Waals surface area (Å²) in [6, 6.07) is 13.8. The Morgan fingerprint density at radius 3 is 2.77 bits per heavy atom. The molecule has 154 valence electrons. The van der Waals surface area contributed by atoms with Crippen molar-refractivity contribution >= 4 is 22.9 Å². The molecule has 0 saturated heterocycles. The summed E-state index contributed by atoms with van der Waals surface area (Å²) in [5, 5.41) is 6.56. The zero-order valence-electron chi connectivity index (χ0n) is 16.9. The molecule has 1 atom stereocenters. The molecule has 7 heteroatoms. The molecule has 1 fully saturated rings. The van der Waals surface area contributed by atoms with E-state index in [1.54, 1.807) is 18.4 Å². The summed E-state index contributed by atoms with van der Waals surface area (Å²) in [7, 11) is 1.63. The predicted molar refractivity (Wildman–Crippen MR) is 116 cm³/mol. The van der Waals surface area contributed by atoms with Crippen molar-refractivity contribution in [3.05, 3.63) is 69.7 Å². The third-order valence-corrected chi connectivity index (χ3v) is 6.27. The molecular formula is C23H23N3O3S. The Labute approximate surface area is 179 Å². The van der Waals surface area contributed by atoms with E-state index in [2.05, 4.69) is 10.3 Å². The summed E-state index contributed by atoms with van der Waals surface area (Å²) in [5.74, 6) is 1.38. The number of ether oxygens (including phenoxy) is 2. The molecule has 2 heterocycles. The van der Waals surface area contributed by atoms with Gasteiger partial charge in [-0.3, -0.25) is 4.79 Å². The van der Waals surface area contributed by atoms with Crippen molar-refractivity contribution in [1.29, 1.82) is 0 Å². The smallest absolute Gasteiger partial charge is 0.258 e. The number of carbonyl (C=O) groups is 1. The maximum atomic E-state index is 13.2. The zero-order valence-corrected chi connectivity index (χ0v) is 17.7. The molecule has 1 unspecified atom stereocenters. The van der Waals surface area contributed by atoms with Crippen LogP contribution < -0.4 is 14.8 Å². The number of benzene rings is 2. The summed E-state index contributed by atoms with van der Waals surface area (Å²) in [5.41, 5.74) is 3.46. The van der Waals surface area contributed by atoms with Gasteiger partial charge in [0.2, 0.25) is 0 Å². The lowest BCUT2D eigenvalue weighted by Gasteiger charge is -2.38. The van der Waals surface area contributed by atoms with E-state index in [1.165, 1.54) is 0 Å². The van der Waals surface area contributed by atoms with Gasteiger partial charge in [0.1, 0.15) is 12.8 Å². The second kappa shape index (κ2) is 7.65. The first-order valence-electron chi connectivity index (χ1n) is 10.0. The summed E-state index contributed by atoms with van der Waals surface area (Å²) in [4.78, 5) is 19.6. The molecule has 1 amide bonds.